The molecule has 0 atom stereocenters. The van der Waals surface area contributed by atoms with Gasteiger partial charge in [0.05, 0.1) is 12.7 Å². The first-order valence-corrected chi connectivity index (χ1v) is 6.48. The molecule has 0 radical (unpaired) electrons. The number of carbonyl (C=O) groups is 1. The summed E-state index contributed by atoms with van der Waals surface area (Å²) in [5.41, 5.74) is 10.3. The maximum atomic E-state index is 11.7. The monoisotopic (exact) mass is 268 g/mol. The summed E-state index contributed by atoms with van der Waals surface area (Å²) in [6, 6.07) is 13.9. The molecule has 0 spiro atoms. The minimum Gasteiger partial charge on any atom is -0.465 e. The topological polar surface area (TPSA) is 55.6 Å². The highest BCUT2D eigenvalue weighted by Gasteiger charge is 2.20. The summed E-state index contributed by atoms with van der Waals surface area (Å²) in [6.45, 7) is 1.70. The minimum absolute atomic E-state index is 0.402. The second kappa shape index (κ2) is 4.89. The zero-order valence-electron chi connectivity index (χ0n) is 11.3. The molecule has 0 saturated heterocycles. The molecular formula is C16H16N2O2. The predicted octanol–water partition coefficient (Wildman–Crippen LogP) is 2.58. The van der Waals surface area contributed by atoms with Crippen molar-refractivity contribution in [2.24, 2.45) is 0 Å². The van der Waals surface area contributed by atoms with Crippen molar-refractivity contribution >= 4 is 17.3 Å². The van der Waals surface area contributed by atoms with Crippen molar-refractivity contribution < 1.29 is 9.53 Å². The Hall–Kier alpha value is -2.49. The molecule has 0 unspecified atom stereocenters. The van der Waals surface area contributed by atoms with Crippen LogP contribution in [-0.4, -0.2) is 13.1 Å². The fourth-order valence-corrected chi connectivity index (χ4v) is 2.54. The first kappa shape index (κ1) is 12.5. The molecular weight excluding hydrogens is 252 g/mol. The number of hydrogen-bond donors (Lipinski definition) is 1. The summed E-state index contributed by atoms with van der Waals surface area (Å²) in [7, 11) is 1.36. The highest BCUT2D eigenvalue weighted by molar-refractivity contribution is 5.96. The highest BCUT2D eigenvalue weighted by Crippen LogP contribution is 2.30. The van der Waals surface area contributed by atoms with Crippen LogP contribution in [0.2, 0.25) is 0 Å². The van der Waals surface area contributed by atoms with Crippen molar-refractivity contribution in [2.45, 2.75) is 13.1 Å². The third kappa shape index (κ3) is 2.09. The lowest BCUT2D eigenvalue weighted by molar-refractivity contribution is 0.0602. The second-order valence-electron chi connectivity index (χ2n) is 4.89. The van der Waals surface area contributed by atoms with Crippen LogP contribution in [0.5, 0.6) is 0 Å². The van der Waals surface area contributed by atoms with Crippen LogP contribution in [0.1, 0.15) is 21.5 Å². The van der Waals surface area contributed by atoms with Gasteiger partial charge in [-0.3, -0.25) is 0 Å². The third-order valence-electron chi connectivity index (χ3n) is 3.65. The van der Waals surface area contributed by atoms with E-state index in [4.69, 9.17) is 10.5 Å². The number of anilines is 2. The smallest absolute Gasteiger partial charge is 0.340 e. The molecule has 2 N–H and O–H groups in total. The minimum atomic E-state index is -0.402. The van der Waals surface area contributed by atoms with Crippen LogP contribution in [0.15, 0.2) is 42.5 Å². The molecule has 20 heavy (non-hydrogen) atoms. The summed E-state index contributed by atoms with van der Waals surface area (Å²) in [5.74, 6) is -0.402. The van der Waals surface area contributed by atoms with E-state index in [0.717, 1.165) is 18.8 Å². The maximum Gasteiger partial charge on any atom is 0.340 e. The lowest BCUT2D eigenvalue weighted by Gasteiger charge is -2.19. The van der Waals surface area contributed by atoms with Crippen LogP contribution >= 0.6 is 0 Å². The number of methoxy groups -OCH3 is 1. The molecule has 0 saturated carbocycles. The van der Waals surface area contributed by atoms with E-state index in [2.05, 4.69) is 17.0 Å². The number of fused-ring (bicyclic) bond motifs is 1. The number of nitrogens with zero attached hydrogens (tertiary/aromatic N) is 1. The van der Waals surface area contributed by atoms with Crippen molar-refractivity contribution in [3.8, 4) is 0 Å². The van der Waals surface area contributed by atoms with E-state index in [1.807, 2.05) is 18.2 Å². The van der Waals surface area contributed by atoms with Gasteiger partial charge in [0.2, 0.25) is 0 Å². The van der Waals surface area contributed by atoms with E-state index in [1.54, 1.807) is 12.1 Å². The van der Waals surface area contributed by atoms with Gasteiger partial charge in [0.15, 0.2) is 0 Å². The van der Waals surface area contributed by atoms with E-state index in [-0.39, 0.29) is 0 Å². The Bertz CT molecular complexity index is 642. The number of nitrogen functional groups attached to an aromatic ring is 1. The SMILES string of the molecule is COC(=O)c1cc(N2Cc3ccccc3C2)ccc1N. The van der Waals surface area contributed by atoms with Gasteiger partial charge in [-0.1, -0.05) is 24.3 Å². The zero-order chi connectivity index (χ0) is 14.1. The predicted molar refractivity (Wildman–Crippen MR) is 78.5 cm³/mol. The lowest BCUT2D eigenvalue weighted by Crippen LogP contribution is -2.16. The van der Waals surface area contributed by atoms with Crippen molar-refractivity contribution in [2.75, 3.05) is 17.7 Å². The van der Waals surface area contributed by atoms with Crippen LogP contribution in [0, 0.1) is 0 Å². The van der Waals surface area contributed by atoms with E-state index in [0.29, 0.717) is 11.3 Å². The molecule has 4 nitrogen and oxygen atoms in total. The molecule has 0 aromatic heterocycles. The van der Waals surface area contributed by atoms with Gasteiger partial charge in [-0.25, -0.2) is 4.79 Å². The first-order valence-electron chi connectivity index (χ1n) is 6.48. The largest absolute Gasteiger partial charge is 0.465 e. The molecule has 2 aromatic carbocycles. The van der Waals surface area contributed by atoms with E-state index in [1.165, 1.54) is 18.2 Å². The Kier molecular flexibility index (Phi) is 3.06. The summed E-state index contributed by atoms with van der Waals surface area (Å²) < 4.78 is 4.76. The molecule has 0 fully saturated rings. The fourth-order valence-electron chi connectivity index (χ4n) is 2.54. The van der Waals surface area contributed by atoms with Crippen LogP contribution in [-0.2, 0) is 17.8 Å². The second-order valence-corrected chi connectivity index (χ2v) is 4.89. The highest BCUT2D eigenvalue weighted by atomic mass is 16.5. The van der Waals surface area contributed by atoms with Gasteiger partial charge in [0.1, 0.15) is 0 Å². The van der Waals surface area contributed by atoms with Crippen LogP contribution in [0.25, 0.3) is 0 Å². The number of carbonyl (C=O) groups excluding carboxylic acids is 1. The number of ether oxygens (including phenoxy) is 1. The van der Waals surface area contributed by atoms with E-state index in [9.17, 15) is 4.79 Å². The maximum absolute atomic E-state index is 11.7. The van der Waals surface area contributed by atoms with Crippen molar-refractivity contribution in [1.29, 1.82) is 0 Å². The van der Waals surface area contributed by atoms with Crippen molar-refractivity contribution in [3.05, 3.63) is 59.2 Å². The first-order chi connectivity index (χ1) is 9.69. The molecule has 1 aliphatic heterocycles. The van der Waals surface area contributed by atoms with Crippen LogP contribution in [0.4, 0.5) is 11.4 Å². The zero-order valence-corrected chi connectivity index (χ0v) is 11.3. The number of nitrogens with two attached hydrogens (primary N) is 1. The summed E-state index contributed by atoms with van der Waals surface area (Å²) in [5, 5.41) is 0. The molecule has 3 rings (SSSR count). The number of hydrogen-bond acceptors (Lipinski definition) is 4. The van der Waals surface area contributed by atoms with Gasteiger partial charge in [-0.15, -0.1) is 0 Å². The van der Waals surface area contributed by atoms with Crippen molar-refractivity contribution in [1.82, 2.24) is 0 Å². The Morgan fingerprint density at radius 1 is 1.15 bits per heavy atom. The van der Waals surface area contributed by atoms with Crippen LogP contribution < -0.4 is 10.6 Å². The Morgan fingerprint density at radius 2 is 1.80 bits per heavy atom. The fraction of sp³-hybridized carbons (Fsp3) is 0.188. The average molecular weight is 268 g/mol. The van der Waals surface area contributed by atoms with Gasteiger partial charge in [0.25, 0.3) is 0 Å². The van der Waals surface area contributed by atoms with E-state index < -0.39 is 5.97 Å². The van der Waals surface area contributed by atoms with Gasteiger partial charge in [-0.2, -0.15) is 0 Å². The Morgan fingerprint density at radius 3 is 2.40 bits per heavy atom. The molecule has 0 amide bonds. The molecule has 2 aromatic rings. The van der Waals surface area contributed by atoms with Crippen molar-refractivity contribution in [3.63, 3.8) is 0 Å². The number of rotatable bonds is 2. The number of esters is 1. The van der Waals surface area contributed by atoms with Gasteiger partial charge in [0, 0.05) is 24.5 Å². The summed E-state index contributed by atoms with van der Waals surface area (Å²) >= 11 is 0. The quantitative estimate of drug-likeness (QED) is 0.672. The number of benzene rings is 2. The van der Waals surface area contributed by atoms with Crippen LogP contribution in [0.3, 0.4) is 0 Å². The standard InChI is InChI=1S/C16H16N2O2/c1-20-16(19)14-8-13(6-7-15(14)17)18-9-11-4-2-3-5-12(11)10-18/h2-8H,9-10,17H2,1H3. The lowest BCUT2D eigenvalue weighted by atomic mass is 10.1. The molecule has 1 heterocycles. The van der Waals surface area contributed by atoms with E-state index >= 15 is 0 Å². The van der Waals surface area contributed by atoms with Gasteiger partial charge in [-0.05, 0) is 29.3 Å². The molecule has 102 valence electrons. The normalized spacial score (nSPS) is 13.2. The third-order valence-corrected chi connectivity index (χ3v) is 3.65. The van der Waals surface area contributed by atoms with Gasteiger partial charge >= 0.3 is 5.97 Å². The molecule has 1 aliphatic rings. The average Bonchev–Trinajstić information content (AvgIpc) is 2.90. The Labute approximate surface area is 117 Å². The molecule has 0 bridgehead atoms. The summed E-state index contributed by atoms with van der Waals surface area (Å²) in [6.07, 6.45) is 0. The summed E-state index contributed by atoms with van der Waals surface area (Å²) in [4.78, 5) is 13.9. The molecule has 4 heteroatoms. The molecule has 0 aliphatic carbocycles. The van der Waals surface area contributed by atoms with Gasteiger partial charge < -0.3 is 15.4 Å². The Balaban J connectivity index is 1.91.